The first-order chi connectivity index (χ1) is 16.7. The Morgan fingerprint density at radius 3 is 1.92 bits per heavy atom. The van der Waals surface area contributed by atoms with E-state index in [1.807, 2.05) is 0 Å². The van der Waals surface area contributed by atoms with Gasteiger partial charge in [0, 0.05) is 17.0 Å². The van der Waals surface area contributed by atoms with Crippen molar-refractivity contribution in [3.8, 4) is 0 Å². The van der Waals surface area contributed by atoms with Gasteiger partial charge in [0.25, 0.3) is 5.91 Å². The maximum absolute atomic E-state index is 13.2. The molecule has 4 nitrogen and oxygen atoms in total. The molecule has 0 fully saturated rings. The molecule has 0 radical (unpaired) electrons. The van der Waals surface area contributed by atoms with Gasteiger partial charge in [-0.2, -0.15) is 26.3 Å². The first kappa shape index (κ1) is 27.3. The summed E-state index contributed by atoms with van der Waals surface area (Å²) >= 11 is 11.9. The van der Waals surface area contributed by atoms with Crippen LogP contribution in [0.5, 0.6) is 0 Å². The Bertz CT molecular complexity index is 1230. The number of carbonyl (C=O) groups excluding carboxylic acids is 2. The van der Waals surface area contributed by atoms with Crippen molar-refractivity contribution in [2.45, 2.75) is 24.8 Å². The number of benzene rings is 3. The Hall–Kier alpha value is -3.24. The predicted molar refractivity (Wildman–Crippen MR) is 123 cm³/mol. The number of carbonyl (C=O) groups is 2. The summed E-state index contributed by atoms with van der Waals surface area (Å²) in [6.07, 6.45) is -10.4. The maximum atomic E-state index is 13.2. The monoisotopic (exact) mass is 548 g/mol. The predicted octanol–water partition coefficient (Wildman–Crippen LogP) is 7.01. The topological polar surface area (TPSA) is 58.2 Å². The summed E-state index contributed by atoms with van der Waals surface area (Å²) in [5.74, 6) is -2.11. The van der Waals surface area contributed by atoms with Gasteiger partial charge in [-0.25, -0.2) is 0 Å². The van der Waals surface area contributed by atoms with Crippen molar-refractivity contribution in [3.05, 3.63) is 99.0 Å². The van der Waals surface area contributed by atoms with Gasteiger partial charge < -0.3 is 10.6 Å². The third-order valence-electron chi connectivity index (χ3n) is 4.94. The molecule has 2 amide bonds. The van der Waals surface area contributed by atoms with Gasteiger partial charge in [0.05, 0.1) is 21.8 Å². The van der Waals surface area contributed by atoms with Crippen LogP contribution in [-0.2, 0) is 23.6 Å². The lowest BCUT2D eigenvalue weighted by atomic mass is 10.0. The van der Waals surface area contributed by atoms with Crippen LogP contribution >= 0.6 is 23.2 Å². The Balaban J connectivity index is 1.94. The average Bonchev–Trinajstić information content (AvgIpc) is 2.79. The summed E-state index contributed by atoms with van der Waals surface area (Å²) < 4.78 is 79.2. The summed E-state index contributed by atoms with van der Waals surface area (Å²) in [5, 5.41) is 5.08. The molecule has 2 N–H and O–H groups in total. The Morgan fingerprint density at radius 2 is 1.39 bits per heavy atom. The van der Waals surface area contributed by atoms with E-state index in [4.69, 9.17) is 23.2 Å². The Labute approximate surface area is 211 Å². The molecule has 0 saturated heterocycles. The third-order valence-corrected chi connectivity index (χ3v) is 5.49. The van der Waals surface area contributed by atoms with Crippen LogP contribution in [0.3, 0.4) is 0 Å². The van der Waals surface area contributed by atoms with E-state index in [0.29, 0.717) is 5.56 Å². The highest BCUT2D eigenvalue weighted by atomic mass is 35.5. The van der Waals surface area contributed by atoms with Crippen molar-refractivity contribution in [1.29, 1.82) is 0 Å². The summed E-state index contributed by atoms with van der Waals surface area (Å²) in [5.41, 5.74) is -3.51. The fraction of sp³-hybridized carbons (Fsp3) is 0.167. The van der Waals surface area contributed by atoms with Crippen molar-refractivity contribution < 1.29 is 35.9 Å². The van der Waals surface area contributed by atoms with Crippen molar-refractivity contribution in [2.24, 2.45) is 0 Å². The first-order valence-electron chi connectivity index (χ1n) is 10.1. The van der Waals surface area contributed by atoms with Crippen molar-refractivity contribution in [2.75, 3.05) is 5.32 Å². The van der Waals surface area contributed by atoms with E-state index in [1.54, 1.807) is 30.3 Å². The zero-order chi connectivity index (χ0) is 26.7. The number of halogens is 8. The van der Waals surface area contributed by atoms with E-state index in [2.05, 4.69) is 10.6 Å². The SMILES string of the molecule is O=C(NC(Cc1ccccc1)C(=O)Nc1ccc(Cl)cc1Cl)c1cc(C(F)(F)F)cc(C(F)(F)F)c1. The lowest BCUT2D eigenvalue weighted by molar-refractivity contribution is -0.143. The molecule has 0 bridgehead atoms. The molecule has 3 rings (SSSR count). The highest BCUT2D eigenvalue weighted by molar-refractivity contribution is 6.36. The molecular formula is C24H16Cl2F6N2O2. The Kier molecular flexibility index (Phi) is 8.20. The van der Waals surface area contributed by atoms with Gasteiger partial charge in [0.1, 0.15) is 6.04 Å². The van der Waals surface area contributed by atoms with Crippen LogP contribution in [-0.4, -0.2) is 17.9 Å². The molecule has 0 aliphatic carbocycles. The highest BCUT2D eigenvalue weighted by Gasteiger charge is 2.38. The van der Waals surface area contributed by atoms with E-state index in [1.165, 1.54) is 18.2 Å². The van der Waals surface area contributed by atoms with E-state index in [9.17, 15) is 35.9 Å². The minimum atomic E-state index is -5.14. The number of hydrogen-bond acceptors (Lipinski definition) is 2. The Morgan fingerprint density at radius 1 is 0.806 bits per heavy atom. The van der Waals surface area contributed by atoms with Gasteiger partial charge in [-0.1, -0.05) is 53.5 Å². The summed E-state index contributed by atoms with van der Waals surface area (Å²) in [6, 6.07) is 11.6. The number of nitrogens with one attached hydrogen (secondary N) is 2. The van der Waals surface area contributed by atoms with Crippen molar-refractivity contribution >= 4 is 40.7 Å². The fourth-order valence-corrected chi connectivity index (χ4v) is 3.65. The normalized spacial score (nSPS) is 12.7. The van der Waals surface area contributed by atoms with Gasteiger partial charge in [-0.05, 0) is 42.0 Å². The van der Waals surface area contributed by atoms with E-state index in [0.717, 1.165) is 0 Å². The molecule has 0 spiro atoms. The molecule has 12 heteroatoms. The molecule has 36 heavy (non-hydrogen) atoms. The quantitative estimate of drug-likeness (QED) is 0.325. The minimum absolute atomic E-state index is 0.0772. The molecule has 0 heterocycles. The van der Waals surface area contributed by atoms with Crippen LogP contribution in [0.1, 0.15) is 27.0 Å². The molecule has 0 aromatic heterocycles. The molecular weight excluding hydrogens is 533 g/mol. The van der Waals surface area contributed by atoms with Gasteiger partial charge in [0.2, 0.25) is 5.91 Å². The van der Waals surface area contributed by atoms with E-state index < -0.39 is 46.9 Å². The largest absolute Gasteiger partial charge is 0.416 e. The molecule has 0 aliphatic rings. The first-order valence-corrected chi connectivity index (χ1v) is 10.9. The lowest BCUT2D eigenvalue weighted by Gasteiger charge is -2.20. The summed E-state index contributed by atoms with van der Waals surface area (Å²) in [4.78, 5) is 25.8. The number of alkyl halides is 6. The standard InChI is InChI=1S/C24H16Cl2F6N2O2/c25-17-6-7-19(18(26)12-17)33-22(36)20(8-13-4-2-1-3-5-13)34-21(35)14-9-15(23(27,28)29)11-16(10-14)24(30,31)32/h1-7,9-12,20H,8H2,(H,33,36)(H,34,35). The molecule has 3 aromatic rings. The molecule has 0 aliphatic heterocycles. The van der Waals surface area contributed by atoms with Crippen molar-refractivity contribution in [1.82, 2.24) is 5.32 Å². The second kappa shape index (κ2) is 10.8. The second-order valence-electron chi connectivity index (χ2n) is 7.62. The highest BCUT2D eigenvalue weighted by Crippen LogP contribution is 2.36. The van der Waals surface area contributed by atoms with Crippen LogP contribution in [0.25, 0.3) is 0 Å². The summed E-state index contributed by atoms with van der Waals surface area (Å²) in [6.45, 7) is 0. The van der Waals surface area contributed by atoms with Crippen LogP contribution in [0.15, 0.2) is 66.7 Å². The van der Waals surface area contributed by atoms with Crippen LogP contribution < -0.4 is 10.6 Å². The molecule has 0 saturated carbocycles. The number of anilines is 1. The van der Waals surface area contributed by atoms with Crippen molar-refractivity contribution in [3.63, 3.8) is 0 Å². The van der Waals surface area contributed by atoms with Gasteiger partial charge in [0.15, 0.2) is 0 Å². The third kappa shape index (κ3) is 7.14. The molecule has 190 valence electrons. The molecule has 1 atom stereocenters. The summed E-state index contributed by atoms with van der Waals surface area (Å²) in [7, 11) is 0. The maximum Gasteiger partial charge on any atom is 0.416 e. The smallest absolute Gasteiger partial charge is 0.340 e. The number of hydrogen-bond donors (Lipinski definition) is 2. The second-order valence-corrected chi connectivity index (χ2v) is 8.47. The zero-order valence-corrected chi connectivity index (χ0v) is 19.5. The number of rotatable bonds is 6. The molecule has 1 unspecified atom stereocenters. The molecule has 3 aromatic carbocycles. The van der Waals surface area contributed by atoms with E-state index >= 15 is 0 Å². The van der Waals surface area contributed by atoms with Gasteiger partial charge in [-0.15, -0.1) is 0 Å². The van der Waals surface area contributed by atoms with Crippen LogP contribution in [0.2, 0.25) is 10.0 Å². The van der Waals surface area contributed by atoms with E-state index in [-0.39, 0.29) is 40.4 Å². The number of amides is 2. The zero-order valence-electron chi connectivity index (χ0n) is 18.0. The van der Waals surface area contributed by atoms with Gasteiger partial charge in [-0.3, -0.25) is 9.59 Å². The van der Waals surface area contributed by atoms with Crippen LogP contribution in [0.4, 0.5) is 32.0 Å². The minimum Gasteiger partial charge on any atom is -0.340 e. The van der Waals surface area contributed by atoms with Gasteiger partial charge >= 0.3 is 12.4 Å². The van der Waals surface area contributed by atoms with Crippen LogP contribution in [0, 0.1) is 0 Å². The lowest BCUT2D eigenvalue weighted by Crippen LogP contribution is -2.45. The fourth-order valence-electron chi connectivity index (χ4n) is 3.20. The average molecular weight is 549 g/mol.